The lowest BCUT2D eigenvalue weighted by molar-refractivity contribution is -0.384. The molecule has 8 heterocycles. The summed E-state index contributed by atoms with van der Waals surface area (Å²) in [6, 6.07) is 32.9. The Bertz CT molecular complexity index is 3820. The lowest BCUT2D eigenvalue weighted by Gasteiger charge is -2.44. The number of ether oxygens (including phenoxy) is 4. The summed E-state index contributed by atoms with van der Waals surface area (Å²) >= 11 is 18.1. The number of likely N-dealkylation sites (N-methyl/N-ethyl adjacent to an activating group) is 3. The van der Waals surface area contributed by atoms with Gasteiger partial charge in [0.2, 0.25) is 11.2 Å². The molecule has 0 radical (unpaired) electrons. The van der Waals surface area contributed by atoms with Gasteiger partial charge in [-0.15, -0.1) is 0 Å². The molecule has 98 heavy (non-hydrogen) atoms. The first-order valence-corrected chi connectivity index (χ1v) is 36.7. The molecule has 5 aromatic carbocycles. The van der Waals surface area contributed by atoms with Crippen LogP contribution in [0.4, 0.5) is 63.1 Å². The van der Waals surface area contributed by atoms with Gasteiger partial charge in [0.1, 0.15) is 61.4 Å². The molecule has 3 saturated heterocycles. The van der Waals surface area contributed by atoms with E-state index in [0.29, 0.717) is 82.7 Å². The molecule has 7 N–H and O–H groups in total. The molecule has 0 bridgehead atoms. The Balaban J connectivity index is 0.000000277. The minimum Gasteiger partial charge on any atom is -0.489 e. The largest absolute Gasteiger partial charge is 0.489 e. The van der Waals surface area contributed by atoms with Crippen LogP contribution in [0.5, 0.6) is 17.2 Å². The van der Waals surface area contributed by atoms with Gasteiger partial charge in [-0.05, 0) is 114 Å². The smallest absolute Gasteiger partial charge is 0.273 e. The minimum absolute atomic E-state index is 0. The highest BCUT2D eigenvalue weighted by atomic mass is 35.5. The molecule has 13 rings (SSSR count). The van der Waals surface area contributed by atoms with Crippen molar-refractivity contribution in [3.05, 3.63) is 141 Å². The number of anilines is 10. The van der Waals surface area contributed by atoms with Crippen molar-refractivity contribution in [2.75, 3.05) is 190 Å². The lowest BCUT2D eigenvalue weighted by atomic mass is 10.1. The van der Waals surface area contributed by atoms with Crippen molar-refractivity contribution >= 4 is 163 Å². The van der Waals surface area contributed by atoms with E-state index in [1.807, 2.05) is 72.8 Å². The summed E-state index contributed by atoms with van der Waals surface area (Å²) in [6.45, 7) is 18.7. The van der Waals surface area contributed by atoms with Crippen molar-refractivity contribution in [2.24, 2.45) is 0 Å². The number of aliphatic hydroxyl groups excluding tert-OH is 2. The van der Waals surface area contributed by atoms with Crippen LogP contribution in [0.3, 0.4) is 0 Å². The van der Waals surface area contributed by atoms with Gasteiger partial charge in [0, 0.05) is 113 Å². The Labute approximate surface area is 611 Å². The molecule has 7 aromatic rings. The number of piperazine rings is 3. The molecule has 0 spiro atoms. The van der Waals surface area contributed by atoms with Gasteiger partial charge in [-0.2, -0.15) is 50.5 Å². The van der Waals surface area contributed by atoms with Gasteiger partial charge < -0.3 is 89.4 Å². The number of non-ortho nitro benzene ring substituents is 1. The van der Waals surface area contributed by atoms with Crippen molar-refractivity contribution in [3.8, 4) is 17.2 Å². The molecule has 3 atom stereocenters. The van der Waals surface area contributed by atoms with Crippen LogP contribution in [0.1, 0.15) is 7.43 Å². The van der Waals surface area contributed by atoms with Crippen molar-refractivity contribution in [1.82, 2.24) is 34.6 Å². The SMILES string of the molecule is C.CN1CCN2c3ccc(N)cc3OC[C@@H]2C1.CN1CCN2c3ccc(Nc4ncc(Cl)c(Nc5ccccc5P(C)(C)=O)n4)cc3OC[C@@H]2C1.CN1CCN2c3ccc([N+](=O)[O-])cc3OC[C@@H]2C1.CO.COCCO.CP(C)(=O)c1ccccc1Nc1nc(Cl)ncc1Cl.S.S.S. The Morgan fingerprint density at radius 3 is 1.47 bits per heavy atom. The highest BCUT2D eigenvalue weighted by Gasteiger charge is 2.35. The third-order valence-corrected chi connectivity index (χ3v) is 19.7. The average molecular weight is 1510 g/mol. The van der Waals surface area contributed by atoms with E-state index in [9.17, 15) is 19.2 Å². The molecular weight excluding hydrogens is 1420 g/mol. The van der Waals surface area contributed by atoms with E-state index in [2.05, 4.69) is 103 Å². The predicted molar refractivity (Wildman–Crippen MR) is 418 cm³/mol. The number of benzene rings is 5. The molecule has 0 aliphatic carbocycles. The minimum atomic E-state index is -2.49. The third kappa shape index (κ3) is 22.7. The van der Waals surface area contributed by atoms with Crippen LogP contribution < -0.4 is 61.2 Å². The van der Waals surface area contributed by atoms with E-state index in [1.165, 1.54) is 18.0 Å². The molecule has 0 amide bonds. The first kappa shape index (κ1) is 84.2. The Morgan fingerprint density at radius 1 is 0.612 bits per heavy atom. The van der Waals surface area contributed by atoms with E-state index >= 15 is 0 Å². The monoisotopic (exact) mass is 1510 g/mol. The number of methoxy groups -OCH3 is 1. The van der Waals surface area contributed by atoms with Crippen LogP contribution in [0.2, 0.25) is 15.3 Å². The van der Waals surface area contributed by atoms with Crippen molar-refractivity contribution in [1.29, 1.82) is 0 Å². The molecular formula is C65H94Cl3N15O10P2S3. The number of aromatic nitrogens is 4. The van der Waals surface area contributed by atoms with Gasteiger partial charge in [0.25, 0.3) is 5.69 Å². The van der Waals surface area contributed by atoms with E-state index in [-0.39, 0.29) is 70.4 Å². The van der Waals surface area contributed by atoms with Crippen LogP contribution in [-0.2, 0) is 13.9 Å². The van der Waals surface area contributed by atoms with Crippen LogP contribution in [-0.4, -0.2) is 222 Å². The average Bonchev–Trinajstić information content (AvgIpc) is 0.799. The molecule has 0 unspecified atom stereocenters. The number of nitrogen functional groups attached to an aromatic ring is 1. The van der Waals surface area contributed by atoms with Gasteiger partial charge in [-0.25, -0.2) is 9.97 Å². The first-order chi connectivity index (χ1) is 45.0. The second-order valence-electron chi connectivity index (χ2n) is 23.6. The van der Waals surface area contributed by atoms with Crippen LogP contribution in [0, 0.1) is 10.1 Å². The molecule has 3 fully saturated rings. The van der Waals surface area contributed by atoms with E-state index in [4.69, 9.17) is 65.0 Å². The number of rotatable bonds is 11. The molecule has 0 saturated carbocycles. The quantitative estimate of drug-likeness (QED) is 0.0231. The molecule has 33 heteroatoms. The number of para-hydroxylation sites is 2. The number of hydrogen-bond acceptors (Lipinski definition) is 24. The number of halogens is 3. The highest BCUT2D eigenvalue weighted by molar-refractivity contribution is 7.70. The number of fused-ring (bicyclic) bond motifs is 9. The summed E-state index contributed by atoms with van der Waals surface area (Å²) < 4.78 is 46.9. The van der Waals surface area contributed by atoms with Crippen molar-refractivity contribution < 1.29 is 43.2 Å². The van der Waals surface area contributed by atoms with Crippen LogP contribution in [0.15, 0.2) is 116 Å². The Morgan fingerprint density at radius 2 is 1.03 bits per heavy atom. The Hall–Kier alpha value is -6.20. The summed E-state index contributed by atoms with van der Waals surface area (Å²) in [7, 11) is 4.08. The molecule has 6 aliphatic rings. The molecule has 25 nitrogen and oxygen atoms in total. The van der Waals surface area contributed by atoms with Gasteiger partial charge in [0.05, 0.1) is 83.2 Å². The maximum atomic E-state index is 12.7. The zero-order valence-corrected chi connectivity index (χ0v) is 62.8. The van der Waals surface area contributed by atoms with Crippen molar-refractivity contribution in [3.63, 3.8) is 0 Å². The first-order valence-electron chi connectivity index (χ1n) is 30.4. The molecule has 538 valence electrons. The molecule has 6 aliphatic heterocycles. The topological polar surface area (TPSA) is 288 Å². The maximum absolute atomic E-state index is 12.7. The second kappa shape index (κ2) is 39.1. The number of hydrogen-bond donors (Lipinski definition) is 6. The number of nitro groups is 1. The summed E-state index contributed by atoms with van der Waals surface area (Å²) in [5, 5.41) is 37.5. The number of nitrogens with one attached hydrogen (secondary N) is 3. The maximum Gasteiger partial charge on any atom is 0.273 e. The summed E-state index contributed by atoms with van der Waals surface area (Å²) in [5.74, 6) is 3.64. The third-order valence-electron chi connectivity index (χ3n) is 15.9. The van der Waals surface area contributed by atoms with Crippen LogP contribution >= 0.6 is 89.6 Å². The standard InChI is InChI=1S/C24H28ClN6O2P.C12H12Cl2N3OP.C12H15N3O3.C12H17N3O.C3H8O2.CH4O.CH4.3H2S/c1-30-10-11-31-17(14-30)15-33-21-12-16(8-9-20(21)31)27-24-26-13-18(25)23(29-24)28-19-6-4-5-7-22(19)34(2,3)32;1-19(2,18)10-6-4-3-5-9(10)16-11-8(13)7-15-12(14)17-11;1-13-4-5-14-10(7-13)8-18-12-6-9(15(16)17)2-3-11(12)14;1-14-4-5-15-10(7-14)8-16-12-6-9(13)2-3-11(12)15;1-5-3-2-4;1-2;;;;/h4-9,12-13,17H,10-11,14-15H2,1-3H3,(H2,26,27,28,29);3-7H,1-2H3,(H,15,16,17);2-3,6,10H,4-5,7-8H2,1H3;2-3,6,10H,4-5,7-8,13H2,1H3;4H,2-3H2,1H3;2H,1H3;1H4;3*1H2/t17-;;2*10-;;;;;;/m0.00....../s1. The van der Waals surface area contributed by atoms with Gasteiger partial charge >= 0.3 is 0 Å². The second-order valence-corrected chi connectivity index (χ2v) is 31.2. The summed E-state index contributed by atoms with van der Waals surface area (Å²) in [6.07, 6.45) is 2.96. The van der Waals surface area contributed by atoms with Gasteiger partial charge in [-0.3, -0.25) is 10.1 Å². The zero-order chi connectivity index (χ0) is 67.9. The number of nitro benzene ring substituents is 1. The van der Waals surface area contributed by atoms with Crippen LogP contribution in [0.25, 0.3) is 0 Å². The normalized spacial score (nSPS) is 17.2. The predicted octanol–water partition coefficient (Wildman–Crippen LogP) is 10.3. The van der Waals surface area contributed by atoms with E-state index < -0.39 is 14.3 Å². The fourth-order valence-corrected chi connectivity index (χ4v) is 14.0. The Kier molecular flexibility index (Phi) is 33.6. The number of nitrogens with zero attached hydrogens (tertiary/aromatic N) is 11. The molecule has 2 aromatic heterocycles. The zero-order valence-electron chi connectivity index (χ0n) is 55.8. The van der Waals surface area contributed by atoms with E-state index in [0.717, 1.165) is 117 Å². The summed E-state index contributed by atoms with van der Waals surface area (Å²) in [4.78, 5) is 41.2. The highest BCUT2D eigenvalue weighted by Crippen LogP contribution is 2.43. The number of nitrogens with two attached hydrogens (primary N) is 1. The lowest BCUT2D eigenvalue weighted by Crippen LogP contribution is -2.56. The fraction of sp³-hybridized carbons (Fsp3) is 0.415. The van der Waals surface area contributed by atoms with Crippen molar-refractivity contribution in [2.45, 2.75) is 25.6 Å². The number of aliphatic hydroxyl groups is 2. The van der Waals surface area contributed by atoms with Gasteiger partial charge in [0.15, 0.2) is 11.6 Å². The fourth-order valence-electron chi connectivity index (χ4n) is 11.3. The van der Waals surface area contributed by atoms with Gasteiger partial charge in [-0.1, -0.05) is 54.9 Å². The summed E-state index contributed by atoms with van der Waals surface area (Å²) in [5.41, 5.74) is 12.2. The van der Waals surface area contributed by atoms with E-state index in [1.54, 1.807) is 52.1 Å².